The van der Waals surface area contributed by atoms with Crippen LogP contribution in [0, 0.1) is 0 Å². The van der Waals surface area contributed by atoms with Crippen molar-refractivity contribution in [1.29, 1.82) is 0 Å². The third-order valence-corrected chi connectivity index (χ3v) is 6.73. The van der Waals surface area contributed by atoms with Crippen LogP contribution >= 0.6 is 0 Å². The molecule has 1 atom stereocenters. The fraction of sp³-hybridized carbons (Fsp3) is 0.421. The number of carbonyl (C=O) groups excluding carboxylic acids is 1. The lowest BCUT2D eigenvalue weighted by molar-refractivity contribution is -0.114. The van der Waals surface area contributed by atoms with E-state index in [4.69, 9.17) is 0 Å². The minimum Gasteiger partial charge on any atom is -0.353 e. The van der Waals surface area contributed by atoms with Gasteiger partial charge in [0.05, 0.1) is 10.9 Å². The van der Waals surface area contributed by atoms with Gasteiger partial charge in [-0.2, -0.15) is 4.31 Å². The van der Waals surface area contributed by atoms with Gasteiger partial charge in [0.1, 0.15) is 0 Å². The Bertz CT molecular complexity index is 872. The maximum atomic E-state index is 13.3. The Labute approximate surface area is 154 Å². The number of nitrogens with one attached hydrogen (secondary N) is 1. The molecule has 1 fully saturated rings. The first-order valence-electron chi connectivity index (χ1n) is 8.90. The average molecular weight is 375 g/mol. The van der Waals surface area contributed by atoms with Gasteiger partial charge in [0, 0.05) is 38.1 Å². The molecule has 0 radical (unpaired) electrons. The average Bonchev–Trinajstić information content (AvgIpc) is 2.87. The number of rotatable bonds is 4. The first kappa shape index (κ1) is 18.7. The lowest BCUT2D eigenvalue weighted by Crippen LogP contribution is -2.35. The molecule has 1 aromatic carbocycles. The maximum Gasteiger partial charge on any atom is 0.243 e. The van der Waals surface area contributed by atoms with Crippen molar-refractivity contribution >= 4 is 21.6 Å². The molecule has 26 heavy (non-hydrogen) atoms. The van der Waals surface area contributed by atoms with Crippen molar-refractivity contribution in [2.75, 3.05) is 11.9 Å². The summed E-state index contributed by atoms with van der Waals surface area (Å²) >= 11 is 0. The predicted octanol–water partition coefficient (Wildman–Crippen LogP) is 3.29. The number of nitrogens with zero attached hydrogens (tertiary/aromatic N) is 2. The number of aromatic nitrogens is 1. The molecule has 7 heteroatoms. The third-order valence-electron chi connectivity index (χ3n) is 4.81. The summed E-state index contributed by atoms with van der Waals surface area (Å²) in [5, 5.41) is 2.66. The zero-order chi connectivity index (χ0) is 18.7. The van der Waals surface area contributed by atoms with Crippen LogP contribution in [0.25, 0.3) is 0 Å². The highest BCUT2D eigenvalue weighted by Gasteiger charge is 2.34. The van der Waals surface area contributed by atoms with Crippen molar-refractivity contribution in [1.82, 2.24) is 8.87 Å². The van der Waals surface area contributed by atoms with E-state index in [1.54, 1.807) is 28.6 Å². The number of hydrogen-bond acceptors (Lipinski definition) is 3. The second-order valence-electron chi connectivity index (χ2n) is 6.73. The molecule has 0 aliphatic carbocycles. The molecule has 0 bridgehead atoms. The first-order chi connectivity index (χ1) is 12.4. The van der Waals surface area contributed by atoms with Crippen molar-refractivity contribution in [3.05, 3.63) is 48.3 Å². The standard InChI is InChI=1S/C19H25N3O3S/c1-15(23)20-16-9-11-17(12-10-16)26(24,25)22-14-5-3-4-7-19(22)18-8-6-13-21(18)2/h6,8-13,19H,3-5,7,14H2,1-2H3,(H,20,23)/t19-/m0/s1. The van der Waals surface area contributed by atoms with Crippen LogP contribution in [0.5, 0.6) is 0 Å². The molecule has 1 aromatic heterocycles. The van der Waals surface area contributed by atoms with Crippen LogP contribution in [0.2, 0.25) is 0 Å². The number of hydrogen-bond donors (Lipinski definition) is 1. The van der Waals surface area contributed by atoms with Gasteiger partial charge in [-0.15, -0.1) is 0 Å². The largest absolute Gasteiger partial charge is 0.353 e. The molecule has 6 nitrogen and oxygen atoms in total. The maximum absolute atomic E-state index is 13.3. The molecule has 0 unspecified atom stereocenters. The summed E-state index contributed by atoms with van der Waals surface area (Å²) < 4.78 is 30.3. The molecular formula is C19H25N3O3S. The molecule has 1 N–H and O–H groups in total. The van der Waals surface area contributed by atoms with Gasteiger partial charge >= 0.3 is 0 Å². The Morgan fingerprint density at radius 2 is 1.85 bits per heavy atom. The molecule has 1 amide bonds. The Kier molecular flexibility index (Phi) is 5.48. The zero-order valence-corrected chi connectivity index (χ0v) is 16.0. The van der Waals surface area contributed by atoms with E-state index in [-0.39, 0.29) is 16.8 Å². The molecule has 1 aliphatic heterocycles. The Morgan fingerprint density at radius 1 is 1.12 bits per heavy atom. The molecule has 1 aliphatic rings. The summed E-state index contributed by atoms with van der Waals surface area (Å²) in [6.45, 7) is 1.94. The van der Waals surface area contributed by atoms with Gasteiger partial charge in [-0.1, -0.05) is 12.8 Å². The van der Waals surface area contributed by atoms with Crippen LogP contribution in [-0.2, 0) is 21.9 Å². The highest BCUT2D eigenvalue weighted by Crippen LogP contribution is 2.34. The van der Waals surface area contributed by atoms with Crippen LogP contribution in [0.1, 0.15) is 44.3 Å². The van der Waals surface area contributed by atoms with Gasteiger partial charge in [0.2, 0.25) is 15.9 Å². The topological polar surface area (TPSA) is 71.4 Å². The van der Waals surface area contributed by atoms with Crippen LogP contribution in [-0.4, -0.2) is 29.7 Å². The molecule has 3 rings (SSSR count). The van der Waals surface area contributed by atoms with E-state index in [9.17, 15) is 13.2 Å². The number of anilines is 1. The Hall–Kier alpha value is -2.12. The molecule has 0 spiro atoms. The van der Waals surface area contributed by atoms with Crippen LogP contribution in [0.4, 0.5) is 5.69 Å². The Morgan fingerprint density at radius 3 is 2.46 bits per heavy atom. The second kappa shape index (κ2) is 7.63. The number of carbonyl (C=O) groups is 1. The monoisotopic (exact) mass is 375 g/mol. The zero-order valence-electron chi connectivity index (χ0n) is 15.2. The van der Waals surface area contributed by atoms with Gasteiger partial charge in [0.25, 0.3) is 0 Å². The van der Waals surface area contributed by atoms with Crippen LogP contribution in [0.3, 0.4) is 0 Å². The normalized spacial score (nSPS) is 19.1. The minimum absolute atomic E-state index is 0.155. The van der Waals surface area contributed by atoms with E-state index in [0.29, 0.717) is 12.2 Å². The fourth-order valence-corrected chi connectivity index (χ4v) is 5.20. The third kappa shape index (κ3) is 3.83. The highest BCUT2D eigenvalue weighted by atomic mass is 32.2. The number of sulfonamides is 1. The summed E-state index contributed by atoms with van der Waals surface area (Å²) in [7, 11) is -1.66. The minimum atomic E-state index is -3.62. The molecule has 2 aromatic rings. The van der Waals surface area contributed by atoms with Crippen molar-refractivity contribution in [2.45, 2.75) is 43.5 Å². The summed E-state index contributed by atoms with van der Waals surface area (Å²) in [4.78, 5) is 11.4. The van der Waals surface area contributed by atoms with Crippen molar-refractivity contribution in [3.63, 3.8) is 0 Å². The number of amides is 1. The van der Waals surface area contributed by atoms with Gasteiger partial charge in [-0.25, -0.2) is 8.42 Å². The lowest BCUT2D eigenvalue weighted by Gasteiger charge is -2.29. The lowest BCUT2D eigenvalue weighted by atomic mass is 10.1. The second-order valence-corrected chi connectivity index (χ2v) is 8.62. The van der Waals surface area contributed by atoms with Gasteiger partial charge in [-0.3, -0.25) is 4.79 Å². The first-order valence-corrected chi connectivity index (χ1v) is 10.3. The molecule has 140 valence electrons. The van der Waals surface area contributed by atoms with Crippen LogP contribution in [0.15, 0.2) is 47.5 Å². The summed E-state index contributed by atoms with van der Waals surface area (Å²) in [5.74, 6) is -0.183. The molecule has 1 saturated heterocycles. The van der Waals surface area contributed by atoms with E-state index < -0.39 is 10.0 Å². The van der Waals surface area contributed by atoms with Crippen molar-refractivity contribution in [3.8, 4) is 0 Å². The number of benzene rings is 1. The van der Waals surface area contributed by atoms with Crippen molar-refractivity contribution in [2.24, 2.45) is 7.05 Å². The smallest absolute Gasteiger partial charge is 0.243 e. The predicted molar refractivity (Wildman–Crippen MR) is 101 cm³/mol. The van der Waals surface area contributed by atoms with Gasteiger partial charge in [0.15, 0.2) is 0 Å². The van der Waals surface area contributed by atoms with E-state index in [0.717, 1.165) is 31.4 Å². The fourth-order valence-electron chi connectivity index (χ4n) is 3.53. The molecule has 0 saturated carbocycles. The van der Waals surface area contributed by atoms with E-state index >= 15 is 0 Å². The summed E-state index contributed by atoms with van der Waals surface area (Å²) in [6.07, 6.45) is 5.69. The summed E-state index contributed by atoms with van der Waals surface area (Å²) in [6, 6.07) is 10.2. The van der Waals surface area contributed by atoms with Gasteiger partial charge in [-0.05, 0) is 49.2 Å². The van der Waals surface area contributed by atoms with Gasteiger partial charge < -0.3 is 9.88 Å². The van der Waals surface area contributed by atoms with E-state index in [1.807, 2.05) is 29.9 Å². The van der Waals surface area contributed by atoms with E-state index in [1.165, 1.54) is 6.92 Å². The van der Waals surface area contributed by atoms with E-state index in [2.05, 4.69) is 5.32 Å². The van der Waals surface area contributed by atoms with Crippen molar-refractivity contribution < 1.29 is 13.2 Å². The SMILES string of the molecule is CC(=O)Nc1ccc(S(=O)(=O)N2CCCCC[C@H]2c2cccn2C)cc1. The highest BCUT2D eigenvalue weighted by molar-refractivity contribution is 7.89. The quantitative estimate of drug-likeness (QED) is 0.891. The summed E-state index contributed by atoms with van der Waals surface area (Å²) in [5.41, 5.74) is 1.61. The van der Waals surface area contributed by atoms with Crippen LogP contribution < -0.4 is 5.32 Å². The number of aryl methyl sites for hydroxylation is 1. The Balaban J connectivity index is 1.94. The molecular weight excluding hydrogens is 350 g/mol. The molecule has 2 heterocycles.